The van der Waals surface area contributed by atoms with Crippen molar-refractivity contribution >= 4 is 33.7 Å². The minimum absolute atomic E-state index is 0.0195. The number of anilines is 1. The fourth-order valence-electron chi connectivity index (χ4n) is 2.00. The standard InChI is InChI=1S/C18H27N3O7S/c1-17(2,3)28-16(24)21-18(4,5)15(23)20-12-9-7-8-10-13(12)29(25,26)19-11-14(22)27-6/h7-10,19H,11H2,1-6H3,(H,20,23)(H,21,24). The molecule has 3 N–H and O–H groups in total. The molecule has 1 rings (SSSR count). The monoisotopic (exact) mass is 429 g/mol. The molecule has 0 fully saturated rings. The third-order valence-corrected chi connectivity index (χ3v) is 4.90. The Bertz CT molecular complexity index is 874. The first-order valence-electron chi connectivity index (χ1n) is 8.66. The van der Waals surface area contributed by atoms with Crippen LogP contribution in [0.15, 0.2) is 29.2 Å². The third kappa shape index (κ3) is 7.70. The number of para-hydroxylation sites is 1. The first kappa shape index (κ1) is 24.4. The first-order chi connectivity index (χ1) is 13.2. The van der Waals surface area contributed by atoms with Crippen LogP contribution in [0.2, 0.25) is 0 Å². The summed E-state index contributed by atoms with van der Waals surface area (Å²) in [6, 6.07) is 5.65. The molecule has 0 aliphatic rings. The molecule has 0 atom stereocenters. The molecule has 0 radical (unpaired) electrons. The Morgan fingerprint density at radius 3 is 2.17 bits per heavy atom. The summed E-state index contributed by atoms with van der Waals surface area (Å²) in [7, 11) is -2.98. The van der Waals surface area contributed by atoms with Crippen molar-refractivity contribution in [3.63, 3.8) is 0 Å². The van der Waals surface area contributed by atoms with E-state index in [0.29, 0.717) is 0 Å². The van der Waals surface area contributed by atoms with Crippen LogP contribution in [-0.2, 0) is 29.1 Å². The summed E-state index contributed by atoms with van der Waals surface area (Å²) in [6.45, 7) is 7.37. The van der Waals surface area contributed by atoms with Gasteiger partial charge in [-0.05, 0) is 46.8 Å². The van der Waals surface area contributed by atoms with Crippen LogP contribution in [0.25, 0.3) is 0 Å². The van der Waals surface area contributed by atoms with Crippen LogP contribution in [0.5, 0.6) is 0 Å². The Balaban J connectivity index is 3.00. The number of methoxy groups -OCH3 is 1. The van der Waals surface area contributed by atoms with Gasteiger partial charge in [0.1, 0.15) is 22.6 Å². The maximum Gasteiger partial charge on any atom is 0.408 e. The Morgan fingerprint density at radius 2 is 1.62 bits per heavy atom. The Morgan fingerprint density at radius 1 is 1.03 bits per heavy atom. The molecule has 29 heavy (non-hydrogen) atoms. The van der Waals surface area contributed by atoms with Crippen molar-refractivity contribution in [3.8, 4) is 0 Å². The quantitative estimate of drug-likeness (QED) is 0.556. The number of rotatable bonds is 7. The number of benzene rings is 1. The van der Waals surface area contributed by atoms with Gasteiger partial charge in [0.15, 0.2) is 0 Å². The van der Waals surface area contributed by atoms with Crippen LogP contribution in [0.1, 0.15) is 34.6 Å². The number of amides is 2. The van der Waals surface area contributed by atoms with Gasteiger partial charge in [0, 0.05) is 0 Å². The lowest BCUT2D eigenvalue weighted by Crippen LogP contribution is -2.53. The van der Waals surface area contributed by atoms with Gasteiger partial charge in [0.25, 0.3) is 0 Å². The molecule has 0 heterocycles. The van der Waals surface area contributed by atoms with Gasteiger partial charge in [-0.25, -0.2) is 13.2 Å². The van der Waals surface area contributed by atoms with Crippen molar-refractivity contribution < 1.29 is 32.3 Å². The Kier molecular flexibility index (Phi) is 7.75. The highest BCUT2D eigenvalue weighted by molar-refractivity contribution is 7.89. The zero-order valence-corrected chi connectivity index (χ0v) is 18.1. The van der Waals surface area contributed by atoms with E-state index in [-0.39, 0.29) is 10.6 Å². The number of carbonyl (C=O) groups excluding carboxylic acids is 3. The SMILES string of the molecule is COC(=O)CNS(=O)(=O)c1ccccc1NC(=O)C(C)(C)NC(=O)OC(C)(C)C. The lowest BCUT2D eigenvalue weighted by atomic mass is 10.0. The predicted molar refractivity (Wildman–Crippen MR) is 106 cm³/mol. The summed E-state index contributed by atoms with van der Waals surface area (Å²) in [5.41, 5.74) is -2.17. The van der Waals surface area contributed by atoms with Crippen molar-refractivity contribution in [1.82, 2.24) is 10.0 Å². The smallest absolute Gasteiger partial charge is 0.408 e. The molecule has 0 unspecified atom stereocenters. The van der Waals surface area contributed by atoms with Gasteiger partial charge in [-0.2, -0.15) is 4.72 Å². The van der Waals surface area contributed by atoms with Crippen molar-refractivity contribution in [2.75, 3.05) is 19.0 Å². The molecule has 162 valence electrons. The molecule has 0 saturated carbocycles. The van der Waals surface area contributed by atoms with E-state index in [4.69, 9.17) is 4.74 Å². The molecule has 0 aromatic heterocycles. The molecule has 0 spiro atoms. The van der Waals surface area contributed by atoms with Gasteiger partial charge in [0.2, 0.25) is 15.9 Å². The second kappa shape index (κ2) is 9.23. The van der Waals surface area contributed by atoms with Crippen LogP contribution in [-0.4, -0.2) is 51.2 Å². The van der Waals surface area contributed by atoms with E-state index in [1.165, 1.54) is 38.1 Å². The number of ether oxygens (including phenoxy) is 2. The van der Waals surface area contributed by atoms with Crippen molar-refractivity contribution in [2.45, 2.75) is 50.7 Å². The Hall–Kier alpha value is -2.66. The summed E-state index contributed by atoms with van der Waals surface area (Å²) in [5.74, 6) is -1.43. The molecule has 10 nitrogen and oxygen atoms in total. The zero-order chi connectivity index (χ0) is 22.5. The molecule has 0 aliphatic heterocycles. The normalized spacial score (nSPS) is 12.1. The molecule has 1 aromatic rings. The molecular weight excluding hydrogens is 402 g/mol. The van der Waals surface area contributed by atoms with Crippen LogP contribution >= 0.6 is 0 Å². The van der Waals surface area contributed by atoms with Crippen LogP contribution in [0, 0.1) is 0 Å². The Labute approximate surface area is 170 Å². The number of hydrogen-bond acceptors (Lipinski definition) is 7. The average Bonchev–Trinajstić information content (AvgIpc) is 2.57. The van der Waals surface area contributed by atoms with Gasteiger partial charge in [-0.3, -0.25) is 9.59 Å². The number of hydrogen-bond donors (Lipinski definition) is 3. The summed E-state index contributed by atoms with van der Waals surface area (Å²) in [6.07, 6.45) is -0.793. The minimum Gasteiger partial charge on any atom is -0.468 e. The largest absolute Gasteiger partial charge is 0.468 e. The van der Waals surface area contributed by atoms with Crippen LogP contribution in [0.4, 0.5) is 10.5 Å². The average molecular weight is 429 g/mol. The molecule has 0 aliphatic carbocycles. The minimum atomic E-state index is -4.11. The maximum absolute atomic E-state index is 12.7. The fourth-order valence-corrected chi connectivity index (χ4v) is 3.13. The molecule has 1 aromatic carbocycles. The van der Waals surface area contributed by atoms with Gasteiger partial charge >= 0.3 is 12.1 Å². The number of carbonyl (C=O) groups is 3. The van der Waals surface area contributed by atoms with Gasteiger partial charge in [-0.15, -0.1) is 0 Å². The van der Waals surface area contributed by atoms with E-state index < -0.39 is 45.7 Å². The lowest BCUT2D eigenvalue weighted by Gasteiger charge is -2.28. The summed E-state index contributed by atoms with van der Waals surface area (Å²) >= 11 is 0. The van der Waals surface area contributed by atoms with E-state index in [1.54, 1.807) is 20.8 Å². The third-order valence-electron chi connectivity index (χ3n) is 3.44. The van der Waals surface area contributed by atoms with Gasteiger partial charge in [0.05, 0.1) is 12.8 Å². The highest BCUT2D eigenvalue weighted by Gasteiger charge is 2.32. The topological polar surface area (TPSA) is 140 Å². The summed E-state index contributed by atoms with van der Waals surface area (Å²) < 4.78 is 36.6. The first-order valence-corrected chi connectivity index (χ1v) is 10.1. The lowest BCUT2D eigenvalue weighted by molar-refractivity contribution is -0.139. The zero-order valence-electron chi connectivity index (χ0n) is 17.3. The second-order valence-corrected chi connectivity index (χ2v) is 9.34. The number of esters is 1. The highest BCUT2D eigenvalue weighted by Crippen LogP contribution is 2.22. The number of nitrogens with one attached hydrogen (secondary N) is 3. The van der Waals surface area contributed by atoms with Gasteiger partial charge in [-0.1, -0.05) is 12.1 Å². The maximum atomic E-state index is 12.7. The van der Waals surface area contributed by atoms with E-state index >= 15 is 0 Å². The van der Waals surface area contributed by atoms with Crippen LogP contribution < -0.4 is 15.4 Å². The van der Waals surface area contributed by atoms with E-state index in [0.717, 1.165) is 7.11 Å². The van der Waals surface area contributed by atoms with E-state index in [2.05, 4.69) is 20.1 Å². The second-order valence-electron chi connectivity index (χ2n) is 7.60. The number of sulfonamides is 1. The molecule has 11 heteroatoms. The van der Waals surface area contributed by atoms with Crippen molar-refractivity contribution in [3.05, 3.63) is 24.3 Å². The molecule has 0 saturated heterocycles. The highest BCUT2D eigenvalue weighted by atomic mass is 32.2. The van der Waals surface area contributed by atoms with Crippen molar-refractivity contribution in [2.24, 2.45) is 0 Å². The summed E-state index contributed by atoms with van der Waals surface area (Å²) in [4.78, 5) is 35.6. The fraction of sp³-hybridized carbons (Fsp3) is 0.500. The molecule has 0 bridgehead atoms. The molecular formula is C18H27N3O7S. The number of alkyl carbamates (subject to hydrolysis) is 1. The van der Waals surface area contributed by atoms with E-state index in [1.807, 2.05) is 0 Å². The molecule has 2 amide bonds. The van der Waals surface area contributed by atoms with Gasteiger partial charge < -0.3 is 20.1 Å². The van der Waals surface area contributed by atoms with Crippen LogP contribution in [0.3, 0.4) is 0 Å². The summed E-state index contributed by atoms with van der Waals surface area (Å²) in [5, 5.41) is 4.92. The predicted octanol–water partition coefficient (Wildman–Crippen LogP) is 1.38. The van der Waals surface area contributed by atoms with E-state index in [9.17, 15) is 22.8 Å². The van der Waals surface area contributed by atoms with Crippen molar-refractivity contribution in [1.29, 1.82) is 0 Å².